The summed E-state index contributed by atoms with van der Waals surface area (Å²) in [6.45, 7) is 11.4. The van der Waals surface area contributed by atoms with Gasteiger partial charge in [0, 0.05) is 53.8 Å². The summed E-state index contributed by atoms with van der Waals surface area (Å²) in [5.41, 5.74) is 5.49. The van der Waals surface area contributed by atoms with E-state index in [-0.39, 0.29) is 5.97 Å². The fourth-order valence-electron chi connectivity index (χ4n) is 6.97. The van der Waals surface area contributed by atoms with E-state index in [0.29, 0.717) is 5.56 Å². The molecule has 0 saturated heterocycles. The summed E-state index contributed by atoms with van der Waals surface area (Å²) < 4.78 is 13.0. The third kappa shape index (κ3) is 6.62. The largest absolute Gasteiger partial charge is 0.456 e. The number of esters is 1. The van der Waals surface area contributed by atoms with Gasteiger partial charge in [0.25, 0.3) is 0 Å². The lowest BCUT2D eigenvalue weighted by atomic mass is 9.77. The van der Waals surface area contributed by atoms with Crippen molar-refractivity contribution in [1.29, 1.82) is 0 Å². The molecule has 3 aromatic rings. The molecule has 0 aliphatic carbocycles. The monoisotopic (exact) mass is 596 g/mol. The zero-order valence-electron chi connectivity index (χ0n) is 27.5. The van der Waals surface area contributed by atoms with Gasteiger partial charge in [-0.3, -0.25) is 0 Å². The minimum absolute atomic E-state index is 0.293. The van der Waals surface area contributed by atoms with E-state index in [1.165, 1.54) is 70.6 Å². The lowest BCUT2D eigenvalue weighted by Crippen LogP contribution is -2.33. The lowest BCUT2D eigenvalue weighted by Gasteiger charge is -2.37. The summed E-state index contributed by atoms with van der Waals surface area (Å²) in [5, 5.41) is 3.70. The fourth-order valence-corrected chi connectivity index (χ4v) is 6.97. The number of nitrogens with one attached hydrogen (secondary N) is 1. The quantitative estimate of drug-likeness (QED) is 0.124. The summed E-state index contributed by atoms with van der Waals surface area (Å²) in [6.07, 6.45) is 16.1. The van der Waals surface area contributed by atoms with Crippen molar-refractivity contribution in [2.45, 2.75) is 110 Å². The number of unbranched alkanes of at least 4 members (excludes halogenated alkanes) is 11. The van der Waals surface area contributed by atoms with Gasteiger partial charge in [-0.2, -0.15) is 0 Å². The summed E-state index contributed by atoms with van der Waals surface area (Å²) in [4.78, 5) is 15.6. The fraction of sp³-hybridized carbons (Fsp3) is 0.513. The van der Waals surface area contributed by atoms with Gasteiger partial charge in [0.05, 0.1) is 5.56 Å². The number of anilines is 2. The first kappa shape index (κ1) is 31.9. The molecule has 1 N–H and O–H groups in total. The molecule has 5 heteroatoms. The second-order valence-corrected chi connectivity index (χ2v) is 12.6. The first-order valence-electron chi connectivity index (χ1n) is 17.3. The van der Waals surface area contributed by atoms with Crippen LogP contribution in [0.25, 0.3) is 0 Å². The number of ether oxygens (including phenoxy) is 2. The molecule has 0 amide bonds. The third-order valence-electron chi connectivity index (χ3n) is 9.52. The van der Waals surface area contributed by atoms with E-state index in [0.717, 1.165) is 71.2 Å². The predicted octanol–water partition coefficient (Wildman–Crippen LogP) is 10.5. The van der Waals surface area contributed by atoms with E-state index in [4.69, 9.17) is 9.47 Å². The Hall–Kier alpha value is -3.47. The average Bonchev–Trinajstić information content (AvgIpc) is 3.33. The van der Waals surface area contributed by atoms with Gasteiger partial charge in [-0.05, 0) is 63.1 Å². The average molecular weight is 597 g/mol. The van der Waals surface area contributed by atoms with Crippen LogP contribution in [0.3, 0.4) is 0 Å². The molecule has 3 aromatic carbocycles. The Kier molecular flexibility index (Phi) is 10.9. The number of hydrogen-bond donors (Lipinski definition) is 1. The highest BCUT2D eigenvalue weighted by Gasteiger charge is 2.53. The number of hydrogen-bond acceptors (Lipinski definition) is 5. The Morgan fingerprint density at radius 3 is 2.02 bits per heavy atom. The molecule has 2 aliphatic heterocycles. The molecule has 5 nitrogen and oxygen atoms in total. The van der Waals surface area contributed by atoms with Crippen LogP contribution < -0.4 is 15.0 Å². The smallest absolute Gasteiger partial charge is 0.340 e. The van der Waals surface area contributed by atoms with E-state index < -0.39 is 5.60 Å². The second-order valence-electron chi connectivity index (χ2n) is 12.6. The van der Waals surface area contributed by atoms with Crippen LogP contribution in [0.4, 0.5) is 11.4 Å². The van der Waals surface area contributed by atoms with Gasteiger partial charge >= 0.3 is 5.97 Å². The zero-order valence-corrected chi connectivity index (χ0v) is 27.5. The molecule has 0 aromatic heterocycles. The molecule has 2 aliphatic rings. The van der Waals surface area contributed by atoms with Crippen LogP contribution >= 0.6 is 0 Å². The normalized spacial score (nSPS) is 16.2. The number of carbonyl (C=O) groups is 1. The van der Waals surface area contributed by atoms with Crippen molar-refractivity contribution >= 4 is 17.3 Å². The van der Waals surface area contributed by atoms with E-state index >= 15 is 0 Å². The minimum Gasteiger partial charge on any atom is -0.456 e. The highest BCUT2D eigenvalue weighted by molar-refractivity contribution is 5.97. The Morgan fingerprint density at radius 2 is 1.34 bits per heavy atom. The topological polar surface area (TPSA) is 50.8 Å². The number of nitrogens with zero attached hydrogens (tertiary/aromatic N) is 1. The van der Waals surface area contributed by atoms with Gasteiger partial charge in [-0.15, -0.1) is 0 Å². The third-order valence-corrected chi connectivity index (χ3v) is 9.52. The predicted molar refractivity (Wildman–Crippen MR) is 183 cm³/mol. The van der Waals surface area contributed by atoms with E-state index in [1.54, 1.807) is 0 Å². The molecule has 2 heterocycles. The maximum absolute atomic E-state index is 13.3. The van der Waals surface area contributed by atoms with Crippen LogP contribution in [0.1, 0.15) is 130 Å². The summed E-state index contributed by atoms with van der Waals surface area (Å²) >= 11 is 0. The second kappa shape index (κ2) is 15.0. The van der Waals surface area contributed by atoms with Crippen molar-refractivity contribution in [3.05, 3.63) is 82.4 Å². The van der Waals surface area contributed by atoms with Gasteiger partial charge < -0.3 is 19.7 Å². The van der Waals surface area contributed by atoms with Crippen LogP contribution in [0, 0.1) is 6.92 Å². The Balaban J connectivity index is 1.29. The molecule has 5 rings (SSSR count). The molecular weight excluding hydrogens is 544 g/mol. The Labute approximate surface area is 265 Å². The van der Waals surface area contributed by atoms with Crippen molar-refractivity contribution in [2.75, 3.05) is 29.9 Å². The Morgan fingerprint density at radius 1 is 0.705 bits per heavy atom. The molecule has 1 atom stereocenters. The summed E-state index contributed by atoms with van der Waals surface area (Å²) in [5.74, 6) is 1.19. The van der Waals surface area contributed by atoms with E-state index in [1.807, 2.05) is 24.3 Å². The maximum Gasteiger partial charge on any atom is 0.340 e. The van der Waals surface area contributed by atoms with Crippen molar-refractivity contribution in [1.82, 2.24) is 0 Å². The standard InChI is InChI=1S/C39H52N2O3/c1-5-8-9-10-11-12-13-14-15-16-17-20-25-40-35-28-34-36(26-29(35)4)43-37-27-30(41(6-2)7-3)23-24-33(37)39(34)32-22-19-18-21-31(32)38(42)44-39/h18-19,21-24,26-28,40H,5-17,20,25H2,1-4H3. The first-order chi connectivity index (χ1) is 21.5. The van der Waals surface area contributed by atoms with Gasteiger partial charge in [0.15, 0.2) is 5.60 Å². The number of benzene rings is 3. The number of aryl methyl sites for hydroxylation is 1. The van der Waals surface area contributed by atoms with Crippen LogP contribution in [0.2, 0.25) is 0 Å². The maximum atomic E-state index is 13.3. The van der Waals surface area contributed by atoms with Crippen LogP contribution in [-0.4, -0.2) is 25.6 Å². The zero-order chi connectivity index (χ0) is 30.9. The molecule has 1 spiro atoms. The molecule has 0 saturated carbocycles. The Bertz CT molecular complexity index is 1410. The summed E-state index contributed by atoms with van der Waals surface area (Å²) in [7, 11) is 0. The van der Waals surface area contributed by atoms with Gasteiger partial charge in [0.2, 0.25) is 0 Å². The molecule has 0 bridgehead atoms. The van der Waals surface area contributed by atoms with Gasteiger partial charge in [-0.1, -0.05) is 95.8 Å². The number of fused-ring (bicyclic) bond motifs is 6. The summed E-state index contributed by atoms with van der Waals surface area (Å²) in [6, 6.07) is 18.3. The molecule has 44 heavy (non-hydrogen) atoms. The number of rotatable bonds is 17. The highest BCUT2D eigenvalue weighted by Crippen LogP contribution is 2.57. The van der Waals surface area contributed by atoms with Crippen molar-refractivity contribution in [3.8, 4) is 11.5 Å². The molecule has 0 radical (unpaired) electrons. The van der Waals surface area contributed by atoms with E-state index in [9.17, 15) is 4.79 Å². The molecule has 236 valence electrons. The van der Waals surface area contributed by atoms with Crippen molar-refractivity contribution < 1.29 is 14.3 Å². The number of carbonyl (C=O) groups excluding carboxylic acids is 1. The lowest BCUT2D eigenvalue weighted by molar-refractivity contribution is 0.0224. The molecule has 1 unspecified atom stereocenters. The van der Waals surface area contributed by atoms with Crippen LogP contribution in [0.15, 0.2) is 54.6 Å². The van der Waals surface area contributed by atoms with Crippen LogP contribution in [-0.2, 0) is 10.3 Å². The first-order valence-corrected chi connectivity index (χ1v) is 17.3. The van der Waals surface area contributed by atoms with Gasteiger partial charge in [-0.25, -0.2) is 4.79 Å². The van der Waals surface area contributed by atoms with Crippen LogP contribution in [0.5, 0.6) is 11.5 Å². The highest BCUT2D eigenvalue weighted by atomic mass is 16.6. The van der Waals surface area contributed by atoms with E-state index in [2.05, 4.69) is 68.2 Å². The van der Waals surface area contributed by atoms with Crippen molar-refractivity contribution in [3.63, 3.8) is 0 Å². The minimum atomic E-state index is -1.04. The molecular formula is C39H52N2O3. The van der Waals surface area contributed by atoms with Gasteiger partial charge in [0.1, 0.15) is 11.5 Å². The SMILES string of the molecule is CCCCCCCCCCCCCCNc1cc2c(cc1C)Oc1cc(N(CC)CC)ccc1C21OC(=O)c2ccccc21. The molecule has 0 fully saturated rings. The van der Waals surface area contributed by atoms with Crippen molar-refractivity contribution in [2.24, 2.45) is 0 Å².